The van der Waals surface area contributed by atoms with Crippen LogP contribution in [0.1, 0.15) is 100 Å². The quantitative estimate of drug-likeness (QED) is 0.153. The molecule has 0 aromatic carbocycles. The lowest BCUT2D eigenvalue weighted by atomic mass is 9.87. The Morgan fingerprint density at radius 1 is 0.825 bits per heavy atom. The molecule has 3 amide bonds. The van der Waals surface area contributed by atoms with E-state index in [0.717, 1.165) is 0 Å². The van der Waals surface area contributed by atoms with E-state index >= 15 is 0 Å². The molecule has 11 heteroatoms. The van der Waals surface area contributed by atoms with Crippen molar-refractivity contribution in [2.75, 3.05) is 19.7 Å². The lowest BCUT2D eigenvalue weighted by molar-refractivity contribution is -0.139. The summed E-state index contributed by atoms with van der Waals surface area (Å²) >= 11 is 0. The third kappa shape index (κ3) is 16.3. The molecule has 0 rings (SSSR count). The Labute approximate surface area is 238 Å². The summed E-state index contributed by atoms with van der Waals surface area (Å²) in [7, 11) is 0. The Bertz CT molecular complexity index is 881. The minimum absolute atomic E-state index is 0.0167. The number of carboxylic acid groups (broad SMARTS) is 1. The average molecular weight is 570 g/mol. The fourth-order valence-corrected chi connectivity index (χ4v) is 3.55. The molecule has 1 unspecified atom stereocenters. The molecule has 0 aliphatic heterocycles. The number of nitrogens with one attached hydrogen (secondary N) is 3. The van der Waals surface area contributed by atoms with Crippen LogP contribution in [0.25, 0.3) is 0 Å². The highest BCUT2D eigenvalue weighted by Gasteiger charge is 2.33. The highest BCUT2D eigenvalue weighted by molar-refractivity contribution is 5.92. The van der Waals surface area contributed by atoms with Gasteiger partial charge in [-0.1, -0.05) is 41.5 Å². The predicted molar refractivity (Wildman–Crippen MR) is 151 cm³/mol. The number of amides is 3. The molecule has 0 aromatic heterocycles. The number of carboxylic acids is 1. The van der Waals surface area contributed by atoms with Gasteiger partial charge in [-0.2, -0.15) is 0 Å². The number of carbonyl (C=O) groups is 6. The molecule has 0 aromatic rings. The van der Waals surface area contributed by atoms with Crippen LogP contribution in [0.3, 0.4) is 0 Å². The molecular formula is C29H51N3O8. The van der Waals surface area contributed by atoms with Crippen LogP contribution in [0, 0.1) is 17.3 Å². The van der Waals surface area contributed by atoms with Gasteiger partial charge in [0, 0.05) is 49.7 Å². The van der Waals surface area contributed by atoms with Crippen molar-refractivity contribution in [3.8, 4) is 0 Å². The van der Waals surface area contributed by atoms with Crippen molar-refractivity contribution >= 4 is 35.3 Å². The van der Waals surface area contributed by atoms with Crippen molar-refractivity contribution in [1.82, 2.24) is 16.0 Å². The Morgan fingerprint density at radius 3 is 1.98 bits per heavy atom. The van der Waals surface area contributed by atoms with Gasteiger partial charge in [0.1, 0.15) is 17.6 Å². The fourth-order valence-electron chi connectivity index (χ4n) is 3.55. The molecule has 4 N–H and O–H groups in total. The number of ether oxygens (including phenoxy) is 1. The minimum atomic E-state index is -1.14. The van der Waals surface area contributed by atoms with Crippen LogP contribution in [-0.2, 0) is 33.5 Å². The summed E-state index contributed by atoms with van der Waals surface area (Å²) in [6.45, 7) is 14.6. The Kier molecular flexibility index (Phi) is 16.5. The van der Waals surface area contributed by atoms with Crippen molar-refractivity contribution in [2.24, 2.45) is 17.3 Å². The number of hydrogen-bond donors (Lipinski definition) is 4. The van der Waals surface area contributed by atoms with Gasteiger partial charge in [-0.25, -0.2) is 0 Å². The second kappa shape index (κ2) is 17.8. The normalized spacial score (nSPS) is 12.7. The number of Topliss-reactive ketones (excluding diaryl/α,β-unsaturated/α-hetero) is 2. The molecule has 0 aliphatic rings. The average Bonchev–Trinajstić information content (AvgIpc) is 2.83. The smallest absolute Gasteiger partial charge is 0.303 e. The maximum atomic E-state index is 13.0. The largest absolute Gasteiger partial charge is 0.481 e. The van der Waals surface area contributed by atoms with Crippen molar-refractivity contribution in [3.63, 3.8) is 0 Å². The number of hydrogen-bond acceptors (Lipinski definition) is 7. The first-order valence-electron chi connectivity index (χ1n) is 14.1. The van der Waals surface area contributed by atoms with Crippen LogP contribution in [0.15, 0.2) is 0 Å². The van der Waals surface area contributed by atoms with Gasteiger partial charge in [0.15, 0.2) is 0 Å². The second-order valence-electron chi connectivity index (χ2n) is 12.1. The predicted octanol–water partition coefficient (Wildman–Crippen LogP) is 2.79. The van der Waals surface area contributed by atoms with Crippen LogP contribution < -0.4 is 16.0 Å². The SMILES string of the molecule is CC(C)C(=O)CCCCNC(=O)CNC(=O)C(CCC(=O)O)NC(=O)C(C)(C)CCOC(C)(C)CC(=O)C(C)C. The molecule has 11 nitrogen and oxygen atoms in total. The summed E-state index contributed by atoms with van der Waals surface area (Å²) < 4.78 is 5.88. The van der Waals surface area contributed by atoms with Crippen molar-refractivity contribution in [1.29, 1.82) is 0 Å². The molecule has 40 heavy (non-hydrogen) atoms. The van der Waals surface area contributed by atoms with E-state index in [0.29, 0.717) is 32.2 Å². The van der Waals surface area contributed by atoms with Crippen LogP contribution in [0.2, 0.25) is 0 Å². The van der Waals surface area contributed by atoms with Gasteiger partial charge in [-0.3, -0.25) is 28.8 Å². The maximum absolute atomic E-state index is 13.0. The van der Waals surface area contributed by atoms with E-state index in [4.69, 9.17) is 9.84 Å². The molecular weight excluding hydrogens is 518 g/mol. The first-order chi connectivity index (χ1) is 18.4. The van der Waals surface area contributed by atoms with Gasteiger partial charge in [-0.05, 0) is 39.5 Å². The highest BCUT2D eigenvalue weighted by atomic mass is 16.5. The molecule has 0 spiro atoms. The first kappa shape index (κ1) is 37.2. The van der Waals surface area contributed by atoms with E-state index in [2.05, 4.69) is 16.0 Å². The summed E-state index contributed by atoms with van der Waals surface area (Å²) in [5.41, 5.74) is -1.64. The van der Waals surface area contributed by atoms with E-state index in [1.165, 1.54) is 0 Å². The van der Waals surface area contributed by atoms with Gasteiger partial charge in [0.25, 0.3) is 0 Å². The Hall–Kier alpha value is -2.82. The highest BCUT2D eigenvalue weighted by Crippen LogP contribution is 2.24. The molecule has 0 aliphatic carbocycles. The fraction of sp³-hybridized carbons (Fsp3) is 0.793. The second-order valence-corrected chi connectivity index (χ2v) is 12.1. The number of aliphatic carboxylic acids is 1. The van der Waals surface area contributed by atoms with E-state index in [1.54, 1.807) is 13.8 Å². The van der Waals surface area contributed by atoms with Gasteiger partial charge in [0.2, 0.25) is 17.7 Å². The van der Waals surface area contributed by atoms with Crippen molar-refractivity contribution < 1.29 is 38.6 Å². The molecule has 0 heterocycles. The summed E-state index contributed by atoms with van der Waals surface area (Å²) in [6.07, 6.45) is 1.79. The topological polar surface area (TPSA) is 168 Å². The molecule has 0 radical (unpaired) electrons. The molecule has 0 fully saturated rings. The van der Waals surface area contributed by atoms with E-state index in [1.807, 2.05) is 41.5 Å². The number of carbonyl (C=O) groups excluding carboxylic acids is 5. The Balaban J connectivity index is 4.85. The first-order valence-corrected chi connectivity index (χ1v) is 14.1. The van der Waals surface area contributed by atoms with Gasteiger partial charge in [-0.15, -0.1) is 0 Å². The van der Waals surface area contributed by atoms with E-state index in [9.17, 15) is 28.8 Å². The zero-order valence-electron chi connectivity index (χ0n) is 25.6. The summed E-state index contributed by atoms with van der Waals surface area (Å²) in [4.78, 5) is 72.7. The maximum Gasteiger partial charge on any atom is 0.303 e. The summed E-state index contributed by atoms with van der Waals surface area (Å²) in [5, 5.41) is 16.8. The zero-order chi connectivity index (χ0) is 31.1. The van der Waals surface area contributed by atoms with Crippen molar-refractivity contribution in [2.45, 2.75) is 112 Å². The number of unbranched alkanes of at least 4 members (excludes halogenated alkanes) is 1. The van der Waals surface area contributed by atoms with Crippen LogP contribution in [0.4, 0.5) is 0 Å². The molecule has 0 saturated heterocycles. The number of rotatable bonds is 21. The summed E-state index contributed by atoms with van der Waals surface area (Å²) in [5.74, 6) is -2.53. The monoisotopic (exact) mass is 569 g/mol. The third-order valence-corrected chi connectivity index (χ3v) is 6.59. The van der Waals surface area contributed by atoms with Crippen LogP contribution in [0.5, 0.6) is 0 Å². The van der Waals surface area contributed by atoms with Gasteiger partial charge in [0.05, 0.1) is 12.1 Å². The van der Waals surface area contributed by atoms with Crippen LogP contribution >= 0.6 is 0 Å². The standard InChI is InChI=1S/C29H51N3O8/c1-19(2)22(33)11-9-10-15-30-24(35)18-31-26(38)21(12-13-25(36)37)32-27(39)28(5,6)14-16-40-29(7,8)17-23(34)20(3)4/h19-21H,9-18H2,1-8H3,(H,30,35)(H,31,38)(H,32,39)(H,36,37). The lowest BCUT2D eigenvalue weighted by Crippen LogP contribution is -2.52. The zero-order valence-corrected chi connectivity index (χ0v) is 25.6. The van der Waals surface area contributed by atoms with Gasteiger partial charge < -0.3 is 25.8 Å². The molecule has 0 bridgehead atoms. The number of ketones is 2. The Morgan fingerprint density at radius 2 is 1.43 bits per heavy atom. The van der Waals surface area contributed by atoms with Crippen LogP contribution in [-0.4, -0.2) is 71.7 Å². The van der Waals surface area contributed by atoms with Crippen molar-refractivity contribution in [3.05, 3.63) is 0 Å². The lowest BCUT2D eigenvalue weighted by Gasteiger charge is -2.30. The third-order valence-electron chi connectivity index (χ3n) is 6.59. The van der Waals surface area contributed by atoms with Gasteiger partial charge >= 0.3 is 5.97 Å². The molecule has 230 valence electrons. The summed E-state index contributed by atoms with van der Waals surface area (Å²) in [6, 6.07) is -1.14. The molecule has 1 atom stereocenters. The molecule has 0 saturated carbocycles. The van der Waals surface area contributed by atoms with E-state index in [-0.39, 0.29) is 55.8 Å². The minimum Gasteiger partial charge on any atom is -0.481 e. The van der Waals surface area contributed by atoms with E-state index < -0.39 is 40.7 Å².